The van der Waals surface area contributed by atoms with E-state index in [4.69, 9.17) is 4.74 Å². The Morgan fingerprint density at radius 1 is 1.42 bits per heavy atom. The van der Waals surface area contributed by atoms with Gasteiger partial charge in [0.05, 0.1) is 11.5 Å². The summed E-state index contributed by atoms with van der Waals surface area (Å²) in [7, 11) is 1.63. The maximum absolute atomic E-state index is 11.9. The number of nitrogens with zero attached hydrogens (tertiary/aromatic N) is 4. The number of ether oxygens (including phenoxy) is 1. The Balaban J connectivity index is 1.79. The molecule has 132 valence electrons. The second-order valence-electron chi connectivity index (χ2n) is 5.56. The van der Waals surface area contributed by atoms with Crippen LogP contribution in [0.2, 0.25) is 0 Å². The first-order valence-corrected chi connectivity index (χ1v) is 7.94. The number of rotatable bonds is 8. The Morgan fingerprint density at radius 2 is 2.17 bits per heavy atom. The van der Waals surface area contributed by atoms with Gasteiger partial charge in [0.25, 0.3) is 0 Å². The van der Waals surface area contributed by atoms with Crippen molar-refractivity contribution < 1.29 is 14.5 Å². The van der Waals surface area contributed by atoms with E-state index in [-0.39, 0.29) is 11.6 Å². The molecule has 1 fully saturated rings. The summed E-state index contributed by atoms with van der Waals surface area (Å²) >= 11 is 0. The van der Waals surface area contributed by atoms with Crippen LogP contribution < -0.4 is 10.2 Å². The first-order valence-electron chi connectivity index (χ1n) is 7.94. The zero-order valence-corrected chi connectivity index (χ0v) is 13.8. The van der Waals surface area contributed by atoms with Gasteiger partial charge < -0.3 is 15.0 Å². The quantitative estimate of drug-likeness (QED) is 0.412. The Kier molecular flexibility index (Phi) is 6.89. The molecular formula is C15H23N5O4. The summed E-state index contributed by atoms with van der Waals surface area (Å²) in [5.74, 6) is 0.384. The third kappa shape index (κ3) is 5.14. The highest BCUT2D eigenvalue weighted by Crippen LogP contribution is 2.25. The molecule has 1 N–H and O–H groups in total. The summed E-state index contributed by atoms with van der Waals surface area (Å²) in [5.41, 5.74) is 0.0156. The second-order valence-corrected chi connectivity index (χ2v) is 5.56. The molecule has 1 aromatic rings. The number of anilines is 1. The van der Waals surface area contributed by atoms with Crippen LogP contribution in [0.1, 0.15) is 6.42 Å². The lowest BCUT2D eigenvalue weighted by Gasteiger charge is -2.34. The molecule has 1 amide bonds. The number of carbonyl (C=O) groups excluding carboxylic acids is 1. The van der Waals surface area contributed by atoms with E-state index in [0.29, 0.717) is 51.7 Å². The van der Waals surface area contributed by atoms with E-state index in [0.717, 1.165) is 6.42 Å². The number of amides is 1. The minimum atomic E-state index is -0.415. The van der Waals surface area contributed by atoms with Crippen LogP contribution in [0, 0.1) is 10.1 Å². The predicted octanol–water partition coefficient (Wildman–Crippen LogP) is 0.265. The number of nitro groups is 1. The maximum Gasteiger partial charge on any atom is 0.311 e. The molecule has 24 heavy (non-hydrogen) atoms. The maximum atomic E-state index is 11.9. The molecule has 0 unspecified atom stereocenters. The minimum absolute atomic E-state index is 0.0108. The first kappa shape index (κ1) is 18.1. The van der Waals surface area contributed by atoms with Crippen LogP contribution in [0.3, 0.4) is 0 Å². The van der Waals surface area contributed by atoms with E-state index in [1.54, 1.807) is 19.4 Å². The van der Waals surface area contributed by atoms with Crippen molar-refractivity contribution in [3.8, 4) is 0 Å². The Bertz CT molecular complexity index is 561. The van der Waals surface area contributed by atoms with Gasteiger partial charge in [0, 0.05) is 58.7 Å². The van der Waals surface area contributed by atoms with Crippen molar-refractivity contribution in [2.75, 3.05) is 57.9 Å². The van der Waals surface area contributed by atoms with Gasteiger partial charge in [-0.3, -0.25) is 19.8 Å². The van der Waals surface area contributed by atoms with Gasteiger partial charge >= 0.3 is 5.69 Å². The van der Waals surface area contributed by atoms with Crippen LogP contribution in [-0.2, 0) is 9.53 Å². The van der Waals surface area contributed by atoms with E-state index in [2.05, 4.69) is 10.3 Å². The van der Waals surface area contributed by atoms with Crippen LogP contribution in [0.4, 0.5) is 11.5 Å². The Hall–Kier alpha value is -2.26. The van der Waals surface area contributed by atoms with E-state index in [1.165, 1.54) is 6.07 Å². The van der Waals surface area contributed by atoms with Crippen LogP contribution in [0.15, 0.2) is 18.3 Å². The molecular weight excluding hydrogens is 314 g/mol. The summed E-state index contributed by atoms with van der Waals surface area (Å²) in [4.78, 5) is 30.6. The number of nitrogens with one attached hydrogen (secondary N) is 1. The van der Waals surface area contributed by atoms with Gasteiger partial charge in [0.15, 0.2) is 0 Å². The lowest BCUT2D eigenvalue weighted by Crippen LogP contribution is -2.50. The minimum Gasteiger partial charge on any atom is -0.385 e. The fourth-order valence-electron chi connectivity index (χ4n) is 2.60. The van der Waals surface area contributed by atoms with Crippen molar-refractivity contribution in [2.24, 2.45) is 0 Å². The second kappa shape index (κ2) is 9.14. The lowest BCUT2D eigenvalue weighted by atomic mass is 10.2. The predicted molar refractivity (Wildman–Crippen MR) is 89.0 cm³/mol. The van der Waals surface area contributed by atoms with Crippen LogP contribution in [0.5, 0.6) is 0 Å². The van der Waals surface area contributed by atoms with Crippen molar-refractivity contribution in [2.45, 2.75) is 6.42 Å². The monoisotopic (exact) mass is 337 g/mol. The van der Waals surface area contributed by atoms with E-state index in [1.807, 2.05) is 9.80 Å². The fraction of sp³-hybridized carbons (Fsp3) is 0.600. The van der Waals surface area contributed by atoms with Gasteiger partial charge in [-0.1, -0.05) is 0 Å². The zero-order chi connectivity index (χ0) is 17.4. The molecule has 0 bridgehead atoms. The van der Waals surface area contributed by atoms with Crippen molar-refractivity contribution in [1.29, 1.82) is 0 Å². The summed E-state index contributed by atoms with van der Waals surface area (Å²) < 4.78 is 4.93. The number of methoxy groups -OCH3 is 1. The smallest absolute Gasteiger partial charge is 0.311 e. The molecule has 0 aliphatic carbocycles. The highest BCUT2D eigenvalue weighted by Gasteiger charge is 2.25. The molecule has 0 aromatic carbocycles. The van der Waals surface area contributed by atoms with Gasteiger partial charge in [0.1, 0.15) is 0 Å². The van der Waals surface area contributed by atoms with E-state index >= 15 is 0 Å². The SMILES string of the molecule is COCCCNC(=O)CN1CCN(c2ncccc2[N+](=O)[O-])CC1. The number of pyridine rings is 1. The van der Waals surface area contributed by atoms with Gasteiger partial charge in [0.2, 0.25) is 11.7 Å². The molecule has 1 aliphatic rings. The van der Waals surface area contributed by atoms with Gasteiger partial charge in [-0.15, -0.1) is 0 Å². The van der Waals surface area contributed by atoms with Gasteiger partial charge in [-0.05, 0) is 12.5 Å². The summed E-state index contributed by atoms with van der Waals surface area (Å²) in [6.45, 7) is 4.11. The zero-order valence-electron chi connectivity index (χ0n) is 13.8. The molecule has 9 heteroatoms. The molecule has 0 radical (unpaired) electrons. The molecule has 0 saturated carbocycles. The molecule has 9 nitrogen and oxygen atoms in total. The Morgan fingerprint density at radius 3 is 2.83 bits per heavy atom. The number of piperazine rings is 1. The standard InChI is InChI=1S/C15H23N5O4/c1-24-11-3-6-16-14(21)12-18-7-9-19(10-8-18)15-13(20(22)23)4-2-5-17-15/h2,4-5H,3,6-12H2,1H3,(H,16,21). The highest BCUT2D eigenvalue weighted by atomic mass is 16.6. The topological polar surface area (TPSA) is 101 Å². The normalized spacial score (nSPS) is 15.3. The van der Waals surface area contributed by atoms with E-state index in [9.17, 15) is 14.9 Å². The number of hydrogen-bond acceptors (Lipinski definition) is 7. The van der Waals surface area contributed by atoms with Crippen molar-refractivity contribution in [3.05, 3.63) is 28.4 Å². The van der Waals surface area contributed by atoms with Crippen molar-refractivity contribution in [3.63, 3.8) is 0 Å². The molecule has 2 heterocycles. The fourth-order valence-corrected chi connectivity index (χ4v) is 2.60. The third-order valence-corrected chi connectivity index (χ3v) is 3.85. The average molecular weight is 337 g/mol. The molecule has 0 spiro atoms. The number of hydrogen-bond donors (Lipinski definition) is 1. The molecule has 0 atom stereocenters. The van der Waals surface area contributed by atoms with Crippen molar-refractivity contribution >= 4 is 17.4 Å². The summed E-state index contributed by atoms with van der Waals surface area (Å²) in [6, 6.07) is 3.02. The highest BCUT2D eigenvalue weighted by molar-refractivity contribution is 5.78. The molecule has 2 rings (SSSR count). The van der Waals surface area contributed by atoms with Gasteiger partial charge in [-0.2, -0.15) is 0 Å². The van der Waals surface area contributed by atoms with Gasteiger partial charge in [-0.25, -0.2) is 4.98 Å². The molecule has 1 aromatic heterocycles. The summed E-state index contributed by atoms with van der Waals surface area (Å²) in [5, 5.41) is 13.9. The summed E-state index contributed by atoms with van der Waals surface area (Å²) in [6.07, 6.45) is 2.35. The largest absolute Gasteiger partial charge is 0.385 e. The Labute approximate surface area is 140 Å². The molecule has 1 aliphatic heterocycles. The van der Waals surface area contributed by atoms with Crippen LogP contribution in [-0.4, -0.2) is 73.7 Å². The molecule has 1 saturated heterocycles. The average Bonchev–Trinajstić information content (AvgIpc) is 2.59. The number of carbonyl (C=O) groups is 1. The lowest BCUT2D eigenvalue weighted by molar-refractivity contribution is -0.384. The van der Waals surface area contributed by atoms with Crippen molar-refractivity contribution in [1.82, 2.24) is 15.2 Å². The number of aromatic nitrogens is 1. The van der Waals surface area contributed by atoms with Crippen LogP contribution >= 0.6 is 0 Å². The third-order valence-electron chi connectivity index (χ3n) is 3.85. The van der Waals surface area contributed by atoms with E-state index < -0.39 is 4.92 Å². The van der Waals surface area contributed by atoms with Crippen LogP contribution in [0.25, 0.3) is 0 Å². The first-order chi connectivity index (χ1) is 11.6.